The first-order valence-corrected chi connectivity index (χ1v) is 6.86. The molecule has 0 fully saturated rings. The van der Waals surface area contributed by atoms with Crippen LogP contribution in [0.15, 0.2) is 18.2 Å². The van der Waals surface area contributed by atoms with E-state index in [4.69, 9.17) is 9.39 Å². The normalized spacial score (nSPS) is 14.9. The van der Waals surface area contributed by atoms with Crippen LogP contribution in [-0.2, 0) is 20.6 Å². The van der Waals surface area contributed by atoms with Gasteiger partial charge in [-0.3, -0.25) is 4.79 Å². The average molecular weight is 275 g/mol. The van der Waals surface area contributed by atoms with Crippen LogP contribution >= 0.6 is 0 Å². The molecule has 5 heteroatoms. The zero-order valence-electron chi connectivity index (χ0n) is 12.9. The molecule has 1 aromatic carbocycles. The highest BCUT2D eigenvalue weighted by Gasteiger charge is 2.37. The first kappa shape index (κ1) is 15.1. The fourth-order valence-corrected chi connectivity index (χ4v) is 2.06. The lowest BCUT2D eigenvalue weighted by atomic mass is 9.82. The van der Waals surface area contributed by atoms with Gasteiger partial charge in [-0.2, -0.15) is 0 Å². The third kappa shape index (κ3) is 2.89. The van der Waals surface area contributed by atoms with Crippen molar-refractivity contribution in [3.05, 3.63) is 23.8 Å². The number of carbonyl (C=O) groups excluding carboxylic acids is 1. The van der Waals surface area contributed by atoms with Crippen molar-refractivity contribution >= 4 is 24.5 Å². The number of methoxy groups -OCH3 is 1. The Kier molecular flexibility index (Phi) is 3.94. The Labute approximate surface area is 121 Å². The van der Waals surface area contributed by atoms with Gasteiger partial charge >= 0.3 is 7.48 Å². The number of ether oxygens (including phenoxy) is 1. The largest absolute Gasteiger partial charge is 0.427 e. The zero-order valence-corrected chi connectivity index (χ0v) is 12.9. The predicted molar refractivity (Wildman–Crippen MR) is 81.8 cm³/mol. The summed E-state index contributed by atoms with van der Waals surface area (Å²) in [7, 11) is 2.19. The predicted octanol–water partition coefficient (Wildman–Crippen LogP) is 1.38. The third-order valence-corrected chi connectivity index (χ3v) is 4.35. The summed E-state index contributed by atoms with van der Waals surface area (Å²) >= 11 is 0. The topological polar surface area (TPSA) is 47.6 Å². The Bertz CT molecular complexity index is 526. The van der Waals surface area contributed by atoms with Crippen molar-refractivity contribution in [3.8, 4) is 0 Å². The summed E-state index contributed by atoms with van der Waals surface area (Å²) in [6.45, 7) is 8.07. The standard InChI is InChI=1S/C15H22BNO3/c1-14(2,19-5)15(3,4)20-16-11-6-7-12-10(8-11)9-13(18)17-12/h6-8,16H,9H2,1-5H3,(H,17,18). The molecule has 0 aliphatic carbocycles. The van der Waals surface area contributed by atoms with Crippen molar-refractivity contribution in [2.45, 2.75) is 45.3 Å². The lowest BCUT2D eigenvalue weighted by molar-refractivity contribution is -0.115. The number of hydrogen-bond donors (Lipinski definition) is 1. The molecule has 0 spiro atoms. The van der Waals surface area contributed by atoms with Gasteiger partial charge in [0.25, 0.3) is 0 Å². The quantitative estimate of drug-likeness (QED) is 0.826. The third-order valence-electron chi connectivity index (χ3n) is 4.35. The van der Waals surface area contributed by atoms with Gasteiger partial charge in [0, 0.05) is 12.8 Å². The molecule has 0 radical (unpaired) electrons. The summed E-state index contributed by atoms with van der Waals surface area (Å²) in [6.07, 6.45) is 0.454. The van der Waals surface area contributed by atoms with Crippen LogP contribution in [-0.4, -0.2) is 31.7 Å². The fourth-order valence-electron chi connectivity index (χ4n) is 2.06. The zero-order chi connectivity index (χ0) is 15.0. The summed E-state index contributed by atoms with van der Waals surface area (Å²) in [5.74, 6) is 0.0546. The molecule has 0 saturated heterocycles. The smallest absolute Gasteiger partial charge is 0.309 e. The van der Waals surface area contributed by atoms with E-state index in [0.29, 0.717) is 13.9 Å². The number of rotatable bonds is 5. The van der Waals surface area contributed by atoms with Crippen LogP contribution in [0, 0.1) is 0 Å². The Morgan fingerprint density at radius 3 is 2.55 bits per heavy atom. The van der Waals surface area contributed by atoms with Crippen molar-refractivity contribution in [3.63, 3.8) is 0 Å². The van der Waals surface area contributed by atoms with Crippen molar-refractivity contribution in [2.24, 2.45) is 0 Å². The highest BCUT2D eigenvalue weighted by molar-refractivity contribution is 6.47. The maximum atomic E-state index is 11.3. The van der Waals surface area contributed by atoms with Gasteiger partial charge in [-0.15, -0.1) is 0 Å². The molecule has 1 N–H and O–H groups in total. The van der Waals surface area contributed by atoms with Crippen molar-refractivity contribution in [1.82, 2.24) is 0 Å². The van der Waals surface area contributed by atoms with Crippen LogP contribution in [0.4, 0.5) is 5.69 Å². The number of amides is 1. The van der Waals surface area contributed by atoms with Gasteiger partial charge in [0.15, 0.2) is 0 Å². The summed E-state index contributed by atoms with van der Waals surface area (Å²) in [4.78, 5) is 11.3. The van der Waals surface area contributed by atoms with Crippen LogP contribution in [0.1, 0.15) is 33.3 Å². The molecule has 0 unspecified atom stereocenters. The molecule has 20 heavy (non-hydrogen) atoms. The van der Waals surface area contributed by atoms with E-state index in [1.807, 2.05) is 45.9 Å². The molecule has 2 rings (SSSR count). The number of hydrogen-bond acceptors (Lipinski definition) is 3. The highest BCUT2D eigenvalue weighted by atomic mass is 16.5. The lowest BCUT2D eigenvalue weighted by Gasteiger charge is -2.40. The van der Waals surface area contributed by atoms with E-state index in [0.717, 1.165) is 16.7 Å². The van der Waals surface area contributed by atoms with E-state index >= 15 is 0 Å². The van der Waals surface area contributed by atoms with Crippen LogP contribution < -0.4 is 10.8 Å². The van der Waals surface area contributed by atoms with Crippen molar-refractivity contribution < 1.29 is 14.2 Å². The Balaban J connectivity index is 2.05. The van der Waals surface area contributed by atoms with E-state index in [2.05, 4.69) is 5.32 Å². The van der Waals surface area contributed by atoms with Crippen molar-refractivity contribution in [2.75, 3.05) is 12.4 Å². The van der Waals surface area contributed by atoms with Crippen LogP contribution in [0.2, 0.25) is 0 Å². The molecule has 108 valence electrons. The monoisotopic (exact) mass is 275 g/mol. The number of benzene rings is 1. The Hall–Kier alpha value is -1.33. The molecule has 1 heterocycles. The molecular formula is C15H22BNO3. The molecule has 1 aliphatic heterocycles. The molecule has 0 bridgehead atoms. The average Bonchev–Trinajstić information content (AvgIpc) is 2.75. The second-order valence-corrected chi connectivity index (χ2v) is 6.23. The lowest BCUT2D eigenvalue weighted by Crippen LogP contribution is -2.50. The van der Waals surface area contributed by atoms with Crippen LogP contribution in [0.3, 0.4) is 0 Å². The molecule has 1 amide bonds. The summed E-state index contributed by atoms with van der Waals surface area (Å²) in [5, 5.41) is 2.83. The number of carbonyl (C=O) groups is 1. The molecule has 1 aromatic rings. The Morgan fingerprint density at radius 1 is 1.20 bits per heavy atom. The van der Waals surface area contributed by atoms with E-state index in [9.17, 15) is 4.79 Å². The van der Waals surface area contributed by atoms with E-state index in [-0.39, 0.29) is 11.5 Å². The first-order chi connectivity index (χ1) is 9.25. The number of nitrogens with one attached hydrogen (secondary N) is 1. The number of fused-ring (bicyclic) bond motifs is 1. The van der Waals surface area contributed by atoms with Gasteiger partial charge < -0.3 is 14.7 Å². The van der Waals surface area contributed by atoms with Gasteiger partial charge in [-0.25, -0.2) is 0 Å². The van der Waals surface area contributed by atoms with Crippen molar-refractivity contribution in [1.29, 1.82) is 0 Å². The molecular weight excluding hydrogens is 253 g/mol. The fraction of sp³-hybridized carbons (Fsp3) is 0.533. The molecule has 0 aromatic heterocycles. The van der Waals surface area contributed by atoms with Gasteiger partial charge in [-0.05, 0) is 39.3 Å². The maximum Gasteiger partial charge on any atom is 0.309 e. The van der Waals surface area contributed by atoms with Gasteiger partial charge in [-0.1, -0.05) is 17.6 Å². The first-order valence-electron chi connectivity index (χ1n) is 6.86. The minimum absolute atomic E-state index is 0.0546. The molecule has 4 nitrogen and oxygen atoms in total. The van der Waals surface area contributed by atoms with E-state index < -0.39 is 5.60 Å². The highest BCUT2D eigenvalue weighted by Crippen LogP contribution is 2.28. The van der Waals surface area contributed by atoms with Crippen LogP contribution in [0.25, 0.3) is 0 Å². The van der Waals surface area contributed by atoms with Gasteiger partial charge in [0.1, 0.15) is 0 Å². The summed E-state index contributed by atoms with van der Waals surface area (Å²) in [5.41, 5.74) is 2.24. The van der Waals surface area contributed by atoms with E-state index in [1.54, 1.807) is 7.11 Å². The molecule has 1 aliphatic rings. The summed E-state index contributed by atoms with van der Waals surface area (Å²) < 4.78 is 11.5. The summed E-state index contributed by atoms with van der Waals surface area (Å²) in [6, 6.07) is 5.96. The molecule has 0 saturated carbocycles. The minimum Gasteiger partial charge on any atom is -0.427 e. The van der Waals surface area contributed by atoms with E-state index in [1.165, 1.54) is 0 Å². The second-order valence-electron chi connectivity index (χ2n) is 6.23. The SMILES string of the molecule is COC(C)(C)C(C)(C)OBc1ccc2c(c1)CC(=O)N2. The minimum atomic E-state index is -0.408. The Morgan fingerprint density at radius 2 is 1.90 bits per heavy atom. The molecule has 0 atom stereocenters. The maximum absolute atomic E-state index is 11.3. The number of anilines is 1. The second kappa shape index (κ2) is 5.22. The van der Waals surface area contributed by atoms with Crippen LogP contribution in [0.5, 0.6) is 0 Å². The van der Waals surface area contributed by atoms with Gasteiger partial charge in [0.2, 0.25) is 5.91 Å². The van der Waals surface area contributed by atoms with Gasteiger partial charge in [0.05, 0.1) is 17.6 Å².